The molecule has 1 aliphatic rings. The molecule has 1 atom stereocenters. The second-order valence-corrected chi connectivity index (χ2v) is 9.20. The Morgan fingerprint density at radius 1 is 1.06 bits per heavy atom. The van der Waals surface area contributed by atoms with Crippen molar-refractivity contribution in [1.82, 2.24) is 9.71 Å². The molecule has 3 aromatic rings. The summed E-state index contributed by atoms with van der Waals surface area (Å²) in [5.41, 5.74) is 2.58. The fraction of sp³-hybridized carbons (Fsp3) is 0.174. The monoisotopic (exact) mass is 450 g/mol. The van der Waals surface area contributed by atoms with Gasteiger partial charge in [0.05, 0.1) is 4.90 Å². The van der Waals surface area contributed by atoms with E-state index in [0.717, 1.165) is 11.1 Å². The smallest absolute Gasteiger partial charge is 0.248 e. The number of fused-ring (bicyclic) bond motifs is 1. The number of nitrogens with one attached hydrogen (secondary N) is 3. The molecule has 1 aromatic heterocycles. The number of carbonyl (C=O) groups is 2. The molecular weight excluding hydrogens is 428 g/mol. The van der Waals surface area contributed by atoms with Crippen LogP contribution in [0.2, 0.25) is 0 Å². The van der Waals surface area contributed by atoms with Crippen molar-refractivity contribution in [1.29, 1.82) is 0 Å². The maximum absolute atomic E-state index is 13.2. The van der Waals surface area contributed by atoms with Gasteiger partial charge in [0.25, 0.3) is 0 Å². The zero-order valence-electron chi connectivity index (χ0n) is 17.3. The number of hydrogen-bond acceptors (Lipinski definition) is 5. The number of carbonyl (C=O) groups excluding carboxylic acids is 2. The maximum atomic E-state index is 13.2. The molecule has 164 valence electrons. The lowest BCUT2D eigenvalue weighted by molar-refractivity contribution is -0.118. The highest BCUT2D eigenvalue weighted by molar-refractivity contribution is 7.89. The van der Waals surface area contributed by atoms with E-state index >= 15 is 0 Å². The highest BCUT2D eigenvalue weighted by Gasteiger charge is 2.29. The van der Waals surface area contributed by atoms with Crippen molar-refractivity contribution >= 4 is 33.3 Å². The van der Waals surface area contributed by atoms with Gasteiger partial charge in [-0.3, -0.25) is 9.59 Å². The average molecular weight is 451 g/mol. The molecule has 0 radical (unpaired) electrons. The van der Waals surface area contributed by atoms with Gasteiger partial charge in [0.2, 0.25) is 21.8 Å². The van der Waals surface area contributed by atoms with Crippen LogP contribution in [0.25, 0.3) is 0 Å². The van der Waals surface area contributed by atoms with E-state index in [-0.39, 0.29) is 10.8 Å². The Bertz CT molecular complexity index is 1280. The maximum Gasteiger partial charge on any atom is 0.248 e. The highest BCUT2D eigenvalue weighted by atomic mass is 32.2. The lowest BCUT2D eigenvalue weighted by Gasteiger charge is -2.21. The molecule has 8 nitrogen and oxygen atoms in total. The fourth-order valence-corrected chi connectivity index (χ4v) is 4.71. The molecule has 3 N–H and O–H groups in total. The van der Waals surface area contributed by atoms with E-state index in [1.54, 1.807) is 61.7 Å². The molecule has 0 bridgehead atoms. The van der Waals surface area contributed by atoms with Gasteiger partial charge in [-0.1, -0.05) is 36.4 Å². The van der Waals surface area contributed by atoms with Crippen LogP contribution in [0.1, 0.15) is 29.2 Å². The first-order valence-corrected chi connectivity index (χ1v) is 11.5. The Morgan fingerprint density at radius 2 is 1.84 bits per heavy atom. The van der Waals surface area contributed by atoms with Crippen molar-refractivity contribution in [2.45, 2.75) is 30.7 Å². The molecule has 2 aromatic carbocycles. The van der Waals surface area contributed by atoms with Gasteiger partial charge in [-0.2, -0.15) is 4.72 Å². The van der Waals surface area contributed by atoms with Crippen molar-refractivity contribution in [3.05, 3.63) is 83.6 Å². The minimum absolute atomic E-state index is 0.0233. The molecule has 1 aliphatic heterocycles. The summed E-state index contributed by atoms with van der Waals surface area (Å²) < 4.78 is 28.9. The number of anilines is 2. The van der Waals surface area contributed by atoms with Crippen LogP contribution >= 0.6 is 0 Å². The van der Waals surface area contributed by atoms with Crippen molar-refractivity contribution in [3.8, 4) is 0 Å². The summed E-state index contributed by atoms with van der Waals surface area (Å²) in [5, 5.41) is 5.44. The van der Waals surface area contributed by atoms with Gasteiger partial charge < -0.3 is 10.6 Å². The zero-order chi connectivity index (χ0) is 22.7. The van der Waals surface area contributed by atoms with Gasteiger partial charge in [0.15, 0.2) is 0 Å². The van der Waals surface area contributed by atoms with Gasteiger partial charge in [-0.05, 0) is 54.3 Å². The van der Waals surface area contributed by atoms with Crippen LogP contribution in [-0.2, 0) is 26.0 Å². The summed E-state index contributed by atoms with van der Waals surface area (Å²) in [5.74, 6) is -0.286. The third-order valence-corrected chi connectivity index (χ3v) is 6.62. The van der Waals surface area contributed by atoms with Crippen LogP contribution in [0.15, 0.2) is 71.8 Å². The van der Waals surface area contributed by atoms with E-state index < -0.39 is 22.0 Å². The van der Waals surface area contributed by atoms with Crippen LogP contribution in [0.4, 0.5) is 11.5 Å². The number of sulfonamides is 1. The van der Waals surface area contributed by atoms with Gasteiger partial charge in [0.1, 0.15) is 11.9 Å². The Kier molecular flexibility index (Phi) is 6.02. The fourth-order valence-electron chi connectivity index (χ4n) is 3.47. The van der Waals surface area contributed by atoms with Crippen molar-refractivity contribution in [3.63, 3.8) is 0 Å². The topological polar surface area (TPSA) is 117 Å². The van der Waals surface area contributed by atoms with Crippen LogP contribution in [0.5, 0.6) is 0 Å². The third kappa shape index (κ3) is 4.68. The van der Waals surface area contributed by atoms with Crippen LogP contribution in [-0.4, -0.2) is 25.2 Å². The number of aromatic nitrogens is 1. The molecule has 0 aliphatic carbocycles. The van der Waals surface area contributed by atoms with Gasteiger partial charge in [-0.25, -0.2) is 13.4 Å². The van der Waals surface area contributed by atoms with E-state index in [1.807, 2.05) is 0 Å². The number of rotatable bonds is 6. The normalized spacial score (nSPS) is 14.2. The van der Waals surface area contributed by atoms with Gasteiger partial charge in [-0.15, -0.1) is 0 Å². The Morgan fingerprint density at radius 3 is 2.59 bits per heavy atom. The van der Waals surface area contributed by atoms with E-state index in [1.165, 1.54) is 12.1 Å². The number of amides is 2. The zero-order valence-corrected chi connectivity index (χ0v) is 18.1. The standard InChI is InChI=1S/C23H22N4O4S/c1-15-6-5-13-24-22(15)26-23(29)21(16-7-3-2-4-8-16)27-32(30,31)18-10-11-19-17(14-18)9-12-20(28)25-19/h2-8,10-11,13-14,21,27H,9,12H2,1H3,(H,25,28)(H,24,26,29). The summed E-state index contributed by atoms with van der Waals surface area (Å²) in [4.78, 5) is 28.9. The number of hydrogen-bond donors (Lipinski definition) is 3. The molecule has 1 unspecified atom stereocenters. The van der Waals surface area contributed by atoms with E-state index in [4.69, 9.17) is 0 Å². The second kappa shape index (κ2) is 8.89. The first-order chi connectivity index (χ1) is 15.3. The first-order valence-electron chi connectivity index (χ1n) is 10.1. The molecule has 9 heteroatoms. The van der Waals surface area contributed by atoms with Crippen LogP contribution < -0.4 is 15.4 Å². The van der Waals surface area contributed by atoms with Crippen LogP contribution in [0, 0.1) is 6.92 Å². The van der Waals surface area contributed by atoms with Gasteiger partial charge in [0, 0.05) is 18.3 Å². The SMILES string of the molecule is Cc1cccnc1NC(=O)C(NS(=O)(=O)c1ccc2c(c1)CCC(=O)N2)c1ccccc1. The summed E-state index contributed by atoms with van der Waals surface area (Å²) >= 11 is 0. The quantitative estimate of drug-likeness (QED) is 0.534. The summed E-state index contributed by atoms with van der Waals surface area (Å²) in [7, 11) is -4.05. The number of benzene rings is 2. The molecule has 0 fully saturated rings. The molecule has 0 saturated carbocycles. The molecule has 4 rings (SSSR count). The van der Waals surface area contributed by atoms with Crippen molar-refractivity contribution in [2.75, 3.05) is 10.6 Å². The first kappa shape index (κ1) is 21.7. The Hall–Kier alpha value is -3.56. The molecule has 2 heterocycles. The average Bonchev–Trinajstić information content (AvgIpc) is 2.79. The second-order valence-electron chi connectivity index (χ2n) is 7.49. The molecule has 0 saturated heterocycles. The van der Waals surface area contributed by atoms with Crippen molar-refractivity contribution < 1.29 is 18.0 Å². The lowest BCUT2D eigenvalue weighted by atomic mass is 10.0. The van der Waals surface area contributed by atoms with E-state index in [9.17, 15) is 18.0 Å². The molecular formula is C23H22N4O4S. The van der Waals surface area contributed by atoms with E-state index in [0.29, 0.717) is 29.9 Å². The van der Waals surface area contributed by atoms with Gasteiger partial charge >= 0.3 is 0 Å². The molecule has 2 amide bonds. The Balaban J connectivity index is 1.64. The van der Waals surface area contributed by atoms with E-state index in [2.05, 4.69) is 20.3 Å². The minimum Gasteiger partial charge on any atom is -0.326 e. The van der Waals surface area contributed by atoms with Crippen molar-refractivity contribution in [2.24, 2.45) is 0 Å². The third-order valence-electron chi connectivity index (χ3n) is 5.20. The molecule has 32 heavy (non-hydrogen) atoms. The number of aryl methyl sites for hydroxylation is 2. The summed E-state index contributed by atoms with van der Waals surface area (Å²) in [6.45, 7) is 1.80. The number of nitrogens with zero attached hydrogens (tertiary/aromatic N) is 1. The predicted octanol–water partition coefficient (Wildman–Crippen LogP) is 2.93. The number of pyridine rings is 1. The molecule has 0 spiro atoms. The largest absolute Gasteiger partial charge is 0.326 e. The Labute approximate surface area is 186 Å². The highest BCUT2D eigenvalue weighted by Crippen LogP contribution is 2.27. The minimum atomic E-state index is -4.05. The lowest BCUT2D eigenvalue weighted by Crippen LogP contribution is -2.37. The predicted molar refractivity (Wildman–Crippen MR) is 121 cm³/mol. The summed E-state index contributed by atoms with van der Waals surface area (Å²) in [6.07, 6.45) is 2.30. The summed E-state index contributed by atoms with van der Waals surface area (Å²) in [6, 6.07) is 15.5. The van der Waals surface area contributed by atoms with Crippen LogP contribution in [0.3, 0.4) is 0 Å².